The van der Waals surface area contributed by atoms with Crippen molar-refractivity contribution < 1.29 is 19.1 Å². The molecular formula is C22H26N2O4S. The topological polar surface area (TPSA) is 67.9 Å². The smallest absolute Gasteiger partial charge is 0.253 e. The maximum absolute atomic E-state index is 12.5. The molecule has 0 fully saturated rings. The number of carbonyl (C=O) groups is 2. The number of thioether (sulfide) groups is 1. The zero-order valence-electron chi connectivity index (χ0n) is 16.8. The molecule has 6 nitrogen and oxygen atoms in total. The first kappa shape index (κ1) is 21.0. The Balaban J connectivity index is 1.58. The molecular weight excluding hydrogens is 388 g/mol. The van der Waals surface area contributed by atoms with Gasteiger partial charge in [-0.05, 0) is 50.2 Å². The van der Waals surface area contributed by atoms with E-state index in [1.165, 1.54) is 11.8 Å². The van der Waals surface area contributed by atoms with Crippen LogP contribution in [0.2, 0.25) is 0 Å². The van der Waals surface area contributed by atoms with Gasteiger partial charge in [0.15, 0.2) is 11.5 Å². The van der Waals surface area contributed by atoms with Crippen LogP contribution in [0.4, 0.5) is 5.69 Å². The van der Waals surface area contributed by atoms with Gasteiger partial charge in [-0.15, -0.1) is 11.8 Å². The first-order valence-corrected chi connectivity index (χ1v) is 10.8. The molecule has 154 valence electrons. The van der Waals surface area contributed by atoms with Crippen molar-refractivity contribution in [1.29, 1.82) is 0 Å². The van der Waals surface area contributed by atoms with Crippen molar-refractivity contribution in [1.82, 2.24) is 4.90 Å². The van der Waals surface area contributed by atoms with Gasteiger partial charge in [-0.2, -0.15) is 0 Å². The van der Waals surface area contributed by atoms with Gasteiger partial charge in [0.05, 0.1) is 19.0 Å². The number of anilines is 1. The minimum atomic E-state index is -0.130. The van der Waals surface area contributed by atoms with Gasteiger partial charge in [0.25, 0.3) is 5.91 Å². The number of amides is 2. The fourth-order valence-corrected chi connectivity index (χ4v) is 3.73. The maximum Gasteiger partial charge on any atom is 0.253 e. The van der Waals surface area contributed by atoms with E-state index in [9.17, 15) is 9.59 Å². The molecule has 0 aromatic heterocycles. The summed E-state index contributed by atoms with van der Waals surface area (Å²) in [6.45, 7) is 6.48. The number of benzene rings is 2. The van der Waals surface area contributed by atoms with Crippen LogP contribution in [0.3, 0.4) is 0 Å². The monoisotopic (exact) mass is 414 g/mol. The molecule has 1 aliphatic heterocycles. The summed E-state index contributed by atoms with van der Waals surface area (Å²) >= 11 is 1.43. The molecule has 0 saturated heterocycles. The summed E-state index contributed by atoms with van der Waals surface area (Å²) in [5.41, 5.74) is 1.19. The van der Waals surface area contributed by atoms with E-state index in [4.69, 9.17) is 9.47 Å². The molecule has 1 heterocycles. The minimum Gasteiger partial charge on any atom is -0.490 e. The number of hydrogen-bond acceptors (Lipinski definition) is 5. The van der Waals surface area contributed by atoms with E-state index >= 15 is 0 Å². The van der Waals surface area contributed by atoms with Crippen LogP contribution in [0.25, 0.3) is 0 Å². The van der Waals surface area contributed by atoms with Crippen LogP contribution in [0.1, 0.15) is 30.6 Å². The van der Waals surface area contributed by atoms with E-state index in [0.717, 1.165) is 22.8 Å². The third-order valence-electron chi connectivity index (χ3n) is 4.53. The highest BCUT2D eigenvalue weighted by Crippen LogP contribution is 2.33. The first-order valence-electron chi connectivity index (χ1n) is 9.82. The molecule has 0 spiro atoms. The summed E-state index contributed by atoms with van der Waals surface area (Å²) in [5.74, 6) is 1.55. The molecule has 0 unspecified atom stereocenters. The number of hydrogen-bond donors (Lipinski definition) is 1. The molecule has 1 aliphatic rings. The summed E-state index contributed by atoms with van der Waals surface area (Å²) in [6.07, 6.45) is 0.857. The summed E-state index contributed by atoms with van der Waals surface area (Å²) in [6, 6.07) is 12.8. The van der Waals surface area contributed by atoms with E-state index in [1.54, 1.807) is 29.2 Å². The fourth-order valence-electron chi connectivity index (χ4n) is 3.00. The Bertz CT molecular complexity index is 868. The largest absolute Gasteiger partial charge is 0.490 e. The highest BCUT2D eigenvalue weighted by atomic mass is 32.2. The summed E-state index contributed by atoms with van der Waals surface area (Å²) < 4.78 is 11.3. The lowest BCUT2D eigenvalue weighted by Gasteiger charge is -2.19. The normalized spacial score (nSPS) is 12.8. The number of nitrogens with one attached hydrogen (secondary N) is 1. The number of carbonyl (C=O) groups excluding carboxylic acids is 2. The van der Waals surface area contributed by atoms with Crippen molar-refractivity contribution in [2.75, 3.05) is 37.4 Å². The molecule has 2 amide bonds. The van der Waals surface area contributed by atoms with E-state index in [1.807, 2.05) is 32.0 Å². The third-order valence-corrected chi connectivity index (χ3v) is 5.53. The molecule has 29 heavy (non-hydrogen) atoms. The third kappa shape index (κ3) is 5.67. The average Bonchev–Trinajstić information content (AvgIpc) is 2.98. The van der Waals surface area contributed by atoms with Crippen LogP contribution >= 0.6 is 11.8 Å². The lowest BCUT2D eigenvalue weighted by atomic mass is 10.1. The van der Waals surface area contributed by atoms with E-state index in [0.29, 0.717) is 37.6 Å². The molecule has 0 saturated carbocycles. The average molecular weight is 415 g/mol. The Labute approximate surface area is 175 Å². The van der Waals surface area contributed by atoms with Gasteiger partial charge in [0.2, 0.25) is 5.91 Å². The lowest BCUT2D eigenvalue weighted by Crippen LogP contribution is -2.30. The van der Waals surface area contributed by atoms with E-state index in [2.05, 4.69) is 5.32 Å². The maximum atomic E-state index is 12.5. The number of ether oxygens (including phenoxy) is 2. The molecule has 0 atom stereocenters. The SMILES string of the molecule is CCN(CC)C(=O)c1cccc(NC(=O)CSc2ccc3c(c2)OCCCO3)c1. The van der Waals surface area contributed by atoms with Crippen molar-refractivity contribution in [3.63, 3.8) is 0 Å². The van der Waals surface area contributed by atoms with Crippen LogP contribution in [-0.2, 0) is 4.79 Å². The zero-order valence-corrected chi connectivity index (χ0v) is 17.6. The van der Waals surface area contributed by atoms with Crippen molar-refractivity contribution in [3.8, 4) is 11.5 Å². The van der Waals surface area contributed by atoms with Gasteiger partial charge >= 0.3 is 0 Å². The second-order valence-corrected chi connectivity index (χ2v) is 7.60. The molecule has 0 aliphatic carbocycles. The van der Waals surface area contributed by atoms with E-state index < -0.39 is 0 Å². The molecule has 0 bridgehead atoms. The number of fused-ring (bicyclic) bond motifs is 1. The standard InChI is InChI=1S/C22H26N2O4S/c1-3-24(4-2)22(26)16-7-5-8-17(13-16)23-21(25)15-29-18-9-10-19-20(14-18)28-12-6-11-27-19/h5,7-10,13-14H,3-4,6,11-12,15H2,1-2H3,(H,23,25). The Hall–Kier alpha value is -2.67. The summed E-state index contributed by atoms with van der Waals surface area (Å²) in [4.78, 5) is 27.5. The second kappa shape index (κ2) is 10.2. The van der Waals surface area contributed by atoms with Crippen LogP contribution < -0.4 is 14.8 Å². The molecule has 1 N–H and O–H groups in total. The summed E-state index contributed by atoms with van der Waals surface area (Å²) in [7, 11) is 0. The molecule has 2 aromatic rings. The zero-order chi connectivity index (χ0) is 20.6. The number of rotatable bonds is 7. The molecule has 7 heteroatoms. The highest BCUT2D eigenvalue weighted by molar-refractivity contribution is 8.00. The first-order chi connectivity index (χ1) is 14.1. The van der Waals surface area contributed by atoms with Gasteiger partial charge in [0.1, 0.15) is 0 Å². The highest BCUT2D eigenvalue weighted by Gasteiger charge is 2.14. The Morgan fingerprint density at radius 2 is 1.79 bits per heavy atom. The van der Waals surface area contributed by atoms with Gasteiger partial charge in [0, 0.05) is 35.7 Å². The molecule has 3 rings (SSSR count). The van der Waals surface area contributed by atoms with E-state index in [-0.39, 0.29) is 17.6 Å². The molecule has 2 aromatic carbocycles. The quantitative estimate of drug-likeness (QED) is 0.692. The predicted molar refractivity (Wildman–Crippen MR) is 115 cm³/mol. The van der Waals surface area contributed by atoms with Crippen molar-refractivity contribution in [2.24, 2.45) is 0 Å². The second-order valence-electron chi connectivity index (χ2n) is 6.55. The number of nitrogens with zero attached hydrogens (tertiary/aromatic N) is 1. The van der Waals surface area contributed by atoms with Crippen molar-refractivity contribution in [3.05, 3.63) is 48.0 Å². The summed E-state index contributed by atoms with van der Waals surface area (Å²) in [5, 5.41) is 2.87. The van der Waals surface area contributed by atoms with Gasteiger partial charge in [-0.3, -0.25) is 9.59 Å². The Morgan fingerprint density at radius 3 is 2.55 bits per heavy atom. The van der Waals surface area contributed by atoms with Gasteiger partial charge < -0.3 is 19.7 Å². The minimum absolute atomic E-state index is 0.0346. The Kier molecular flexibility index (Phi) is 7.41. The van der Waals surface area contributed by atoms with Crippen LogP contribution in [0.15, 0.2) is 47.4 Å². The fraction of sp³-hybridized carbons (Fsp3) is 0.364. The van der Waals surface area contributed by atoms with Gasteiger partial charge in [-0.1, -0.05) is 6.07 Å². The van der Waals surface area contributed by atoms with Crippen molar-refractivity contribution >= 4 is 29.3 Å². The Morgan fingerprint density at radius 1 is 1.03 bits per heavy atom. The van der Waals surface area contributed by atoms with Crippen LogP contribution in [-0.4, -0.2) is 48.8 Å². The van der Waals surface area contributed by atoms with Crippen molar-refractivity contribution in [2.45, 2.75) is 25.2 Å². The van der Waals surface area contributed by atoms with Gasteiger partial charge in [-0.25, -0.2) is 0 Å². The predicted octanol–water partition coefficient (Wildman–Crippen LogP) is 4.06. The lowest BCUT2D eigenvalue weighted by molar-refractivity contribution is -0.113. The van der Waals surface area contributed by atoms with Crippen LogP contribution in [0.5, 0.6) is 11.5 Å². The van der Waals surface area contributed by atoms with Crippen LogP contribution in [0, 0.1) is 0 Å². The molecule has 0 radical (unpaired) electrons.